The van der Waals surface area contributed by atoms with Gasteiger partial charge < -0.3 is 19.8 Å². The molecule has 0 aliphatic carbocycles. The molecule has 2 aromatic rings. The van der Waals surface area contributed by atoms with E-state index in [1.54, 1.807) is 30.9 Å². The average Bonchev–Trinajstić information content (AvgIpc) is 2.79. The monoisotopic (exact) mass is 469 g/mol. The van der Waals surface area contributed by atoms with Gasteiger partial charge >= 0.3 is 0 Å². The molecule has 0 unspecified atom stereocenters. The fourth-order valence-corrected chi connectivity index (χ4v) is 3.90. The maximum atomic E-state index is 13.6. The molecule has 2 heterocycles. The summed E-state index contributed by atoms with van der Waals surface area (Å²) in [5.41, 5.74) is 1.61. The third-order valence-electron chi connectivity index (χ3n) is 5.78. The highest BCUT2D eigenvalue weighted by Crippen LogP contribution is 2.27. The SMILES string of the molecule is C[C@@H]1CN([C@H](C)CO)C(=O)c2cc(C#C[C@@H](C)O)cnc2O[C@H]1CN(C)Cc1cccc(F)c1. The standard InChI is InChI=1S/C26H32FN3O4/c1-17-13-30(18(2)16-31)26(33)23-11-20(9-8-19(3)32)12-28-25(23)34-24(17)15-29(4)14-21-6-5-7-22(27)10-21/h5-7,10-12,17-19,24,31-32H,13-16H2,1-4H3/t17-,18-,19-,24+/m1/s1. The molecule has 0 radical (unpaired) electrons. The molecule has 1 aromatic carbocycles. The van der Waals surface area contributed by atoms with Crippen molar-refractivity contribution in [3.05, 3.63) is 59.0 Å². The minimum Gasteiger partial charge on any atom is -0.472 e. The van der Waals surface area contributed by atoms with Crippen molar-refractivity contribution in [2.45, 2.75) is 45.6 Å². The lowest BCUT2D eigenvalue weighted by atomic mass is 9.99. The molecule has 182 valence electrons. The maximum absolute atomic E-state index is 13.6. The molecule has 0 bridgehead atoms. The first-order chi connectivity index (χ1) is 16.2. The number of hydrogen-bond acceptors (Lipinski definition) is 6. The van der Waals surface area contributed by atoms with Gasteiger partial charge in [0, 0.05) is 37.3 Å². The third kappa shape index (κ3) is 6.54. The highest BCUT2D eigenvalue weighted by Gasteiger charge is 2.34. The zero-order chi connectivity index (χ0) is 24.8. The summed E-state index contributed by atoms with van der Waals surface area (Å²) in [5.74, 6) is 5.05. The van der Waals surface area contributed by atoms with Crippen LogP contribution in [-0.2, 0) is 6.54 Å². The molecule has 34 heavy (non-hydrogen) atoms. The smallest absolute Gasteiger partial charge is 0.259 e. The molecular weight excluding hydrogens is 437 g/mol. The molecule has 1 aliphatic rings. The zero-order valence-corrected chi connectivity index (χ0v) is 20.0. The first-order valence-electron chi connectivity index (χ1n) is 11.4. The van der Waals surface area contributed by atoms with Crippen LogP contribution in [0.2, 0.25) is 0 Å². The molecule has 0 saturated carbocycles. The lowest BCUT2D eigenvalue weighted by Gasteiger charge is -2.37. The fraction of sp³-hybridized carbons (Fsp3) is 0.462. The number of aliphatic hydroxyl groups excluding tert-OH is 2. The summed E-state index contributed by atoms with van der Waals surface area (Å²) >= 11 is 0. The predicted molar refractivity (Wildman–Crippen MR) is 127 cm³/mol. The Balaban J connectivity index is 1.90. The normalized spacial score (nSPS) is 19.9. The second-order valence-corrected chi connectivity index (χ2v) is 8.97. The van der Waals surface area contributed by atoms with Crippen molar-refractivity contribution >= 4 is 5.91 Å². The van der Waals surface area contributed by atoms with E-state index in [0.29, 0.717) is 25.2 Å². The number of nitrogens with zero attached hydrogens (tertiary/aromatic N) is 3. The number of pyridine rings is 1. The van der Waals surface area contributed by atoms with Crippen LogP contribution in [0.1, 0.15) is 42.3 Å². The van der Waals surface area contributed by atoms with Crippen LogP contribution < -0.4 is 4.74 Å². The first-order valence-corrected chi connectivity index (χ1v) is 11.4. The second-order valence-electron chi connectivity index (χ2n) is 8.97. The lowest BCUT2D eigenvalue weighted by molar-refractivity contribution is 0.0325. The van der Waals surface area contributed by atoms with Crippen LogP contribution in [0.25, 0.3) is 0 Å². The summed E-state index contributed by atoms with van der Waals surface area (Å²) in [5, 5.41) is 19.2. The topological polar surface area (TPSA) is 86.1 Å². The highest BCUT2D eigenvalue weighted by molar-refractivity contribution is 5.97. The second kappa shape index (κ2) is 11.4. The van der Waals surface area contributed by atoms with Gasteiger partial charge in [-0.1, -0.05) is 30.9 Å². The Morgan fingerprint density at radius 3 is 2.79 bits per heavy atom. The summed E-state index contributed by atoms with van der Waals surface area (Å²) in [7, 11) is 1.93. The Labute approximate surface area is 200 Å². The van der Waals surface area contributed by atoms with Gasteiger partial charge in [-0.05, 0) is 44.7 Å². The summed E-state index contributed by atoms with van der Waals surface area (Å²) in [6, 6.07) is 7.71. The largest absolute Gasteiger partial charge is 0.472 e. The van der Waals surface area contributed by atoms with E-state index in [4.69, 9.17) is 4.74 Å². The number of amides is 1. The quantitative estimate of drug-likeness (QED) is 0.632. The number of halogens is 1. The van der Waals surface area contributed by atoms with Gasteiger partial charge in [0.2, 0.25) is 5.88 Å². The van der Waals surface area contributed by atoms with E-state index >= 15 is 0 Å². The van der Waals surface area contributed by atoms with Crippen molar-refractivity contribution in [2.24, 2.45) is 5.92 Å². The van der Waals surface area contributed by atoms with Gasteiger partial charge in [0.1, 0.15) is 23.6 Å². The number of fused-ring (bicyclic) bond motifs is 1. The number of aromatic nitrogens is 1. The molecule has 1 aromatic heterocycles. The van der Waals surface area contributed by atoms with Crippen molar-refractivity contribution in [1.29, 1.82) is 0 Å². The Bertz CT molecular complexity index is 1070. The van der Waals surface area contributed by atoms with E-state index < -0.39 is 12.1 Å². The van der Waals surface area contributed by atoms with Gasteiger partial charge in [0.05, 0.1) is 12.6 Å². The zero-order valence-electron chi connectivity index (χ0n) is 20.0. The number of carbonyl (C=O) groups is 1. The van der Waals surface area contributed by atoms with Crippen molar-refractivity contribution in [3.63, 3.8) is 0 Å². The Hall–Kier alpha value is -2.99. The van der Waals surface area contributed by atoms with Gasteiger partial charge in [-0.3, -0.25) is 9.69 Å². The molecule has 8 heteroatoms. The minimum atomic E-state index is -0.807. The Morgan fingerprint density at radius 1 is 1.35 bits per heavy atom. The van der Waals surface area contributed by atoms with Gasteiger partial charge in [0.15, 0.2) is 0 Å². The van der Waals surface area contributed by atoms with E-state index in [0.717, 1.165) is 5.56 Å². The number of benzene rings is 1. The Kier molecular flexibility index (Phi) is 8.61. The fourth-order valence-electron chi connectivity index (χ4n) is 3.90. The molecule has 7 nitrogen and oxygen atoms in total. The van der Waals surface area contributed by atoms with Gasteiger partial charge in [0.25, 0.3) is 5.91 Å². The van der Waals surface area contributed by atoms with Crippen LogP contribution in [0, 0.1) is 23.6 Å². The molecule has 0 spiro atoms. The van der Waals surface area contributed by atoms with Gasteiger partial charge in [-0.2, -0.15) is 0 Å². The number of hydrogen-bond donors (Lipinski definition) is 2. The van der Waals surface area contributed by atoms with Gasteiger partial charge in [-0.15, -0.1) is 0 Å². The average molecular weight is 470 g/mol. The number of carbonyl (C=O) groups excluding carboxylic acids is 1. The number of ether oxygens (including phenoxy) is 1. The molecule has 2 N–H and O–H groups in total. The predicted octanol–water partition coefficient (Wildman–Crippen LogP) is 2.31. The molecule has 4 atom stereocenters. The number of likely N-dealkylation sites (N-methyl/N-ethyl adjacent to an activating group) is 1. The first kappa shape index (κ1) is 25.6. The molecule has 1 amide bonds. The van der Waals surface area contributed by atoms with Gasteiger partial charge in [-0.25, -0.2) is 9.37 Å². The minimum absolute atomic E-state index is 0.0578. The van der Waals surface area contributed by atoms with Crippen LogP contribution >= 0.6 is 0 Å². The molecule has 0 fully saturated rings. The summed E-state index contributed by atoms with van der Waals surface area (Å²) < 4.78 is 19.8. The van der Waals surface area contributed by atoms with Crippen molar-refractivity contribution in [1.82, 2.24) is 14.8 Å². The number of aliphatic hydroxyl groups is 2. The number of rotatable bonds is 6. The van der Waals surface area contributed by atoms with Crippen molar-refractivity contribution in [3.8, 4) is 17.7 Å². The van der Waals surface area contributed by atoms with E-state index in [1.165, 1.54) is 18.3 Å². The van der Waals surface area contributed by atoms with E-state index in [-0.39, 0.29) is 41.8 Å². The van der Waals surface area contributed by atoms with Crippen molar-refractivity contribution < 1.29 is 24.1 Å². The van der Waals surface area contributed by atoms with Crippen LogP contribution in [-0.4, -0.2) is 75.9 Å². The van der Waals surface area contributed by atoms with Crippen molar-refractivity contribution in [2.75, 3.05) is 26.7 Å². The molecule has 3 rings (SSSR count). The molecule has 0 saturated heterocycles. The maximum Gasteiger partial charge on any atom is 0.259 e. The van der Waals surface area contributed by atoms with E-state index in [1.807, 2.05) is 24.9 Å². The highest BCUT2D eigenvalue weighted by atomic mass is 19.1. The van der Waals surface area contributed by atoms with E-state index in [9.17, 15) is 19.4 Å². The van der Waals surface area contributed by atoms with E-state index in [2.05, 4.69) is 16.8 Å². The Morgan fingerprint density at radius 2 is 2.12 bits per heavy atom. The summed E-state index contributed by atoms with van der Waals surface area (Å²) in [6.45, 7) is 6.63. The summed E-state index contributed by atoms with van der Waals surface area (Å²) in [6.07, 6.45) is 0.403. The third-order valence-corrected chi connectivity index (χ3v) is 5.78. The van der Waals surface area contributed by atoms with Crippen LogP contribution in [0.15, 0.2) is 36.5 Å². The summed E-state index contributed by atoms with van der Waals surface area (Å²) in [4.78, 5) is 21.4. The van der Waals surface area contributed by atoms with Crippen LogP contribution in [0.4, 0.5) is 4.39 Å². The van der Waals surface area contributed by atoms with Crippen LogP contribution in [0.5, 0.6) is 5.88 Å². The molecular formula is C26H32FN3O4. The molecule has 1 aliphatic heterocycles. The van der Waals surface area contributed by atoms with Crippen LogP contribution in [0.3, 0.4) is 0 Å². The lowest BCUT2D eigenvalue weighted by Crippen LogP contribution is -2.49.